The molecule has 8 heteroatoms. The number of nitrogens with one attached hydrogen (secondary N) is 2. The molecule has 2 unspecified atom stereocenters. The third-order valence-electron chi connectivity index (χ3n) is 4.78. The second-order valence-electron chi connectivity index (χ2n) is 8.33. The fraction of sp³-hybridized carbons (Fsp3) is 0.357. The first-order chi connectivity index (χ1) is 16.9. The van der Waals surface area contributed by atoms with Gasteiger partial charge in [-0.05, 0) is 44.0 Å². The van der Waals surface area contributed by atoms with Crippen molar-refractivity contribution < 1.29 is 24.3 Å². The maximum Gasteiger partial charge on any atom is 0.305 e. The summed E-state index contributed by atoms with van der Waals surface area (Å²) < 4.78 is 0. The zero-order valence-electron chi connectivity index (χ0n) is 21.6. The zero-order chi connectivity index (χ0) is 27.7. The molecular formula is C28H37ClN2O5. The molecule has 3 N–H and O–H groups in total. The molecule has 2 atom stereocenters. The summed E-state index contributed by atoms with van der Waals surface area (Å²) in [7, 11) is 0. The van der Waals surface area contributed by atoms with Crippen molar-refractivity contribution in [3.8, 4) is 0 Å². The van der Waals surface area contributed by atoms with Crippen molar-refractivity contribution in [3.63, 3.8) is 0 Å². The normalized spacial score (nSPS) is 11.4. The molecule has 196 valence electrons. The summed E-state index contributed by atoms with van der Waals surface area (Å²) in [6, 6.07) is 15.9. The molecule has 2 aromatic rings. The van der Waals surface area contributed by atoms with E-state index in [0.29, 0.717) is 17.0 Å². The van der Waals surface area contributed by atoms with Gasteiger partial charge in [0.15, 0.2) is 5.78 Å². The Bertz CT molecular complexity index is 975. The van der Waals surface area contributed by atoms with E-state index in [1.54, 1.807) is 31.2 Å². The lowest BCUT2D eigenvalue weighted by molar-refractivity contribution is -0.137. The van der Waals surface area contributed by atoms with Gasteiger partial charge in [0.2, 0.25) is 5.91 Å². The van der Waals surface area contributed by atoms with E-state index < -0.39 is 18.1 Å². The van der Waals surface area contributed by atoms with Crippen LogP contribution >= 0.6 is 11.6 Å². The van der Waals surface area contributed by atoms with Crippen LogP contribution in [-0.4, -0.2) is 40.8 Å². The third-order valence-corrected chi connectivity index (χ3v) is 5.04. The Hall–Kier alpha value is -3.45. The number of benzene rings is 2. The second-order valence-corrected chi connectivity index (χ2v) is 8.76. The molecule has 0 bridgehead atoms. The molecule has 0 aromatic heterocycles. The highest BCUT2D eigenvalue weighted by molar-refractivity contribution is 6.30. The number of aliphatic carboxylic acids is 1. The summed E-state index contributed by atoms with van der Waals surface area (Å²) in [5.41, 5.74) is 1.82. The fourth-order valence-corrected chi connectivity index (χ4v) is 2.91. The van der Waals surface area contributed by atoms with Gasteiger partial charge in [0, 0.05) is 17.0 Å². The van der Waals surface area contributed by atoms with Gasteiger partial charge in [0.25, 0.3) is 5.91 Å². The molecule has 36 heavy (non-hydrogen) atoms. The van der Waals surface area contributed by atoms with E-state index in [1.807, 2.05) is 32.0 Å². The average Bonchev–Trinajstić information content (AvgIpc) is 2.82. The number of ketones is 1. The SMILES string of the molecule is C=CC(CC(=O)O)NC(=O)CC.CC(=O)C(NC(=O)c1ccc(Cl)cc1)C(C)C.Cc1ccccc1. The van der Waals surface area contributed by atoms with Gasteiger partial charge in [0.1, 0.15) is 0 Å². The smallest absolute Gasteiger partial charge is 0.305 e. The molecule has 0 saturated carbocycles. The molecule has 0 fully saturated rings. The number of hydrogen-bond acceptors (Lipinski definition) is 4. The minimum absolute atomic E-state index is 0.0395. The van der Waals surface area contributed by atoms with E-state index in [-0.39, 0.29) is 29.9 Å². The number of halogens is 1. The zero-order valence-corrected chi connectivity index (χ0v) is 22.3. The molecule has 2 rings (SSSR count). The van der Waals surface area contributed by atoms with Gasteiger partial charge in [-0.1, -0.05) is 74.3 Å². The van der Waals surface area contributed by atoms with Gasteiger partial charge in [-0.3, -0.25) is 19.2 Å². The Balaban J connectivity index is 0.000000558. The van der Waals surface area contributed by atoms with Gasteiger partial charge in [-0.25, -0.2) is 0 Å². The fourth-order valence-electron chi connectivity index (χ4n) is 2.79. The lowest BCUT2D eigenvalue weighted by atomic mass is 10.0. The molecule has 0 heterocycles. The van der Waals surface area contributed by atoms with Crippen LogP contribution in [0.1, 0.15) is 56.5 Å². The minimum atomic E-state index is -0.948. The first kappa shape index (κ1) is 32.6. The van der Waals surface area contributed by atoms with Crippen molar-refractivity contribution in [2.75, 3.05) is 0 Å². The van der Waals surface area contributed by atoms with Crippen molar-refractivity contribution in [3.05, 3.63) is 83.4 Å². The maximum absolute atomic E-state index is 11.9. The maximum atomic E-state index is 11.9. The van der Waals surface area contributed by atoms with E-state index in [2.05, 4.69) is 36.3 Å². The summed E-state index contributed by atoms with van der Waals surface area (Å²) in [5.74, 6) is -1.33. The van der Waals surface area contributed by atoms with Crippen LogP contribution in [0.2, 0.25) is 5.02 Å². The molecule has 2 amide bonds. The van der Waals surface area contributed by atoms with Crippen molar-refractivity contribution in [1.82, 2.24) is 10.6 Å². The summed E-state index contributed by atoms with van der Waals surface area (Å²) >= 11 is 5.74. The Morgan fingerprint density at radius 3 is 1.92 bits per heavy atom. The van der Waals surface area contributed by atoms with Gasteiger partial charge in [0.05, 0.1) is 18.5 Å². The first-order valence-electron chi connectivity index (χ1n) is 11.6. The molecule has 0 aliphatic rings. The second kappa shape index (κ2) is 17.9. The first-order valence-corrected chi connectivity index (χ1v) is 12.0. The summed E-state index contributed by atoms with van der Waals surface area (Å²) in [4.78, 5) is 44.3. The van der Waals surface area contributed by atoms with Crippen LogP contribution in [0, 0.1) is 12.8 Å². The molecule has 0 aliphatic carbocycles. The molecular weight excluding hydrogens is 480 g/mol. The average molecular weight is 517 g/mol. The number of carboxylic acids is 1. The van der Waals surface area contributed by atoms with Gasteiger partial charge in [-0.15, -0.1) is 6.58 Å². The van der Waals surface area contributed by atoms with Crippen molar-refractivity contribution in [2.24, 2.45) is 5.92 Å². The van der Waals surface area contributed by atoms with Crippen molar-refractivity contribution >= 4 is 35.2 Å². The minimum Gasteiger partial charge on any atom is -0.481 e. The van der Waals surface area contributed by atoms with Crippen molar-refractivity contribution in [1.29, 1.82) is 0 Å². The standard InChI is InChI=1S/C13H16ClNO2.C8H13NO3.C7H8/c1-8(2)12(9(3)16)15-13(17)10-4-6-11(14)7-5-10;1-3-6(5-8(11)12)9-7(10)4-2;1-7-5-3-2-4-6-7/h4-8,12H,1-3H3,(H,15,17);3,6H,1,4-5H2,2H3,(H,9,10)(H,11,12);2-6H,1H3. The van der Waals surface area contributed by atoms with E-state index in [4.69, 9.17) is 16.7 Å². The monoisotopic (exact) mass is 516 g/mol. The molecule has 7 nitrogen and oxygen atoms in total. The predicted octanol–water partition coefficient (Wildman–Crippen LogP) is 5.22. The lowest BCUT2D eigenvalue weighted by Gasteiger charge is -2.19. The van der Waals surface area contributed by atoms with Crippen LogP contribution in [0.15, 0.2) is 67.3 Å². The molecule has 2 aromatic carbocycles. The van der Waals surface area contributed by atoms with Crippen LogP contribution in [-0.2, 0) is 14.4 Å². The largest absolute Gasteiger partial charge is 0.481 e. The predicted molar refractivity (Wildman–Crippen MR) is 144 cm³/mol. The topological polar surface area (TPSA) is 113 Å². The highest BCUT2D eigenvalue weighted by Crippen LogP contribution is 2.10. The molecule has 0 aliphatic heterocycles. The number of aryl methyl sites for hydroxylation is 1. The number of amides is 2. The highest BCUT2D eigenvalue weighted by Gasteiger charge is 2.21. The lowest BCUT2D eigenvalue weighted by Crippen LogP contribution is -2.43. The Morgan fingerprint density at radius 1 is 1.00 bits per heavy atom. The molecule has 0 saturated heterocycles. The Labute approximate surface area is 218 Å². The molecule has 0 spiro atoms. The number of Topliss-reactive ketones (excluding diaryl/α,β-unsaturated/α-hetero) is 1. The van der Waals surface area contributed by atoms with Crippen LogP contribution < -0.4 is 10.6 Å². The van der Waals surface area contributed by atoms with Crippen LogP contribution in [0.5, 0.6) is 0 Å². The van der Waals surface area contributed by atoms with Gasteiger partial charge >= 0.3 is 5.97 Å². The number of carbonyl (C=O) groups excluding carboxylic acids is 3. The highest BCUT2D eigenvalue weighted by atomic mass is 35.5. The number of carboxylic acid groups (broad SMARTS) is 1. The van der Waals surface area contributed by atoms with Gasteiger partial charge in [-0.2, -0.15) is 0 Å². The van der Waals surface area contributed by atoms with E-state index in [1.165, 1.54) is 18.6 Å². The van der Waals surface area contributed by atoms with E-state index in [0.717, 1.165) is 0 Å². The quantitative estimate of drug-likeness (QED) is 0.395. The molecule has 0 radical (unpaired) electrons. The summed E-state index contributed by atoms with van der Waals surface area (Å²) in [5, 5.41) is 14.2. The van der Waals surface area contributed by atoms with Crippen LogP contribution in [0.25, 0.3) is 0 Å². The Morgan fingerprint density at radius 2 is 1.56 bits per heavy atom. The number of rotatable bonds is 9. The van der Waals surface area contributed by atoms with E-state index >= 15 is 0 Å². The van der Waals surface area contributed by atoms with Gasteiger partial charge < -0.3 is 15.7 Å². The summed E-state index contributed by atoms with van der Waals surface area (Å²) in [6.07, 6.45) is 1.65. The third kappa shape index (κ3) is 14.7. The summed E-state index contributed by atoms with van der Waals surface area (Å²) in [6.45, 7) is 12.5. The van der Waals surface area contributed by atoms with Crippen LogP contribution in [0.3, 0.4) is 0 Å². The number of hydrogen-bond donors (Lipinski definition) is 3. The van der Waals surface area contributed by atoms with Crippen LogP contribution in [0.4, 0.5) is 0 Å². The number of carbonyl (C=O) groups is 4. The van der Waals surface area contributed by atoms with E-state index in [9.17, 15) is 19.2 Å². The Kier molecular flexibility index (Phi) is 16.2. The van der Waals surface area contributed by atoms with Crippen molar-refractivity contribution in [2.45, 2.75) is 59.5 Å².